The van der Waals surface area contributed by atoms with Crippen LogP contribution in [0.2, 0.25) is 5.02 Å². The maximum atomic E-state index is 12.1. The minimum absolute atomic E-state index is 0.0716. The zero-order valence-corrected chi connectivity index (χ0v) is 12.3. The van der Waals surface area contributed by atoms with E-state index in [0.29, 0.717) is 5.02 Å². The molecular weight excluding hydrogens is 316 g/mol. The summed E-state index contributed by atoms with van der Waals surface area (Å²) in [5, 5.41) is 11.2. The van der Waals surface area contributed by atoms with E-state index in [1.807, 2.05) is 0 Å². The molecule has 2 aromatic rings. The van der Waals surface area contributed by atoms with E-state index in [1.165, 1.54) is 18.2 Å². The van der Waals surface area contributed by atoms with E-state index in [4.69, 9.17) is 11.6 Å². The summed E-state index contributed by atoms with van der Waals surface area (Å²) in [5.41, 5.74) is 0.456. The lowest BCUT2D eigenvalue weighted by atomic mass is 10.2. The molecule has 0 amide bonds. The number of non-ortho nitro benzene ring substituents is 1. The number of nitrogens with zero attached hydrogens (tertiary/aromatic N) is 1. The number of nitro groups is 1. The third kappa shape index (κ3) is 4.01. The number of hydrogen-bond donors (Lipinski definition) is 1. The Balaban J connectivity index is 2.16. The second-order valence-corrected chi connectivity index (χ2v) is 6.41. The molecular formula is C13H11ClN2O4S. The lowest BCUT2D eigenvalue weighted by Gasteiger charge is -2.07. The van der Waals surface area contributed by atoms with Gasteiger partial charge in [0.2, 0.25) is 10.0 Å². The van der Waals surface area contributed by atoms with Gasteiger partial charge in [-0.05, 0) is 23.8 Å². The van der Waals surface area contributed by atoms with Crippen LogP contribution in [0.5, 0.6) is 0 Å². The number of sulfonamides is 1. The van der Waals surface area contributed by atoms with Crippen LogP contribution in [-0.4, -0.2) is 13.3 Å². The second-order valence-electron chi connectivity index (χ2n) is 4.21. The highest BCUT2D eigenvalue weighted by Gasteiger charge is 2.17. The SMILES string of the molecule is O=[N+]([O-])c1cccc(S(=O)(=O)NCc2ccc(Cl)cc2)c1. The molecule has 0 aliphatic carbocycles. The molecule has 2 rings (SSSR count). The molecule has 0 atom stereocenters. The zero-order valence-electron chi connectivity index (χ0n) is 10.7. The van der Waals surface area contributed by atoms with Crippen molar-refractivity contribution in [2.45, 2.75) is 11.4 Å². The van der Waals surface area contributed by atoms with Gasteiger partial charge in [0, 0.05) is 23.7 Å². The van der Waals surface area contributed by atoms with Crippen LogP contribution in [-0.2, 0) is 16.6 Å². The number of hydrogen-bond acceptors (Lipinski definition) is 4. The van der Waals surface area contributed by atoms with Crippen molar-refractivity contribution in [1.29, 1.82) is 0 Å². The lowest BCUT2D eigenvalue weighted by Crippen LogP contribution is -2.23. The smallest absolute Gasteiger partial charge is 0.258 e. The number of halogens is 1. The van der Waals surface area contributed by atoms with Gasteiger partial charge in [0.05, 0.1) is 9.82 Å². The number of nitrogens with one attached hydrogen (secondary N) is 1. The Hall–Kier alpha value is -1.96. The van der Waals surface area contributed by atoms with Crippen molar-refractivity contribution >= 4 is 27.3 Å². The van der Waals surface area contributed by atoms with Crippen LogP contribution in [0.1, 0.15) is 5.56 Å². The fourth-order valence-corrected chi connectivity index (χ4v) is 2.81. The van der Waals surface area contributed by atoms with Crippen LogP contribution >= 0.6 is 11.6 Å². The van der Waals surface area contributed by atoms with Crippen LogP contribution in [0.25, 0.3) is 0 Å². The Morgan fingerprint density at radius 3 is 2.43 bits per heavy atom. The summed E-state index contributed by atoms with van der Waals surface area (Å²) >= 11 is 5.74. The van der Waals surface area contributed by atoms with Crippen molar-refractivity contribution in [3.05, 3.63) is 69.2 Å². The molecule has 0 bridgehead atoms. The quantitative estimate of drug-likeness (QED) is 0.675. The van der Waals surface area contributed by atoms with E-state index in [1.54, 1.807) is 24.3 Å². The van der Waals surface area contributed by atoms with Crippen LogP contribution in [0.3, 0.4) is 0 Å². The molecule has 0 fully saturated rings. The highest BCUT2D eigenvalue weighted by atomic mass is 35.5. The molecule has 0 spiro atoms. The second kappa shape index (κ2) is 6.21. The van der Waals surface area contributed by atoms with Crippen LogP contribution < -0.4 is 4.72 Å². The Kier molecular flexibility index (Phi) is 4.56. The average Bonchev–Trinajstić information content (AvgIpc) is 2.47. The van der Waals surface area contributed by atoms with Gasteiger partial charge in [0.15, 0.2) is 0 Å². The largest absolute Gasteiger partial charge is 0.270 e. The topological polar surface area (TPSA) is 89.3 Å². The van der Waals surface area contributed by atoms with Gasteiger partial charge in [-0.25, -0.2) is 13.1 Å². The summed E-state index contributed by atoms with van der Waals surface area (Å²) in [6.45, 7) is 0.0716. The van der Waals surface area contributed by atoms with Crippen molar-refractivity contribution in [2.75, 3.05) is 0 Å². The number of benzene rings is 2. The fourth-order valence-electron chi connectivity index (χ4n) is 1.63. The van der Waals surface area contributed by atoms with Crippen LogP contribution in [0, 0.1) is 10.1 Å². The first-order valence-electron chi connectivity index (χ1n) is 5.87. The molecule has 0 radical (unpaired) electrons. The molecule has 2 aromatic carbocycles. The Labute approximate surface area is 126 Å². The Bertz CT molecular complexity index is 760. The third-order valence-corrected chi connectivity index (χ3v) is 4.37. The predicted molar refractivity (Wildman–Crippen MR) is 78.6 cm³/mol. The first-order chi connectivity index (χ1) is 9.88. The summed E-state index contributed by atoms with van der Waals surface area (Å²) in [4.78, 5) is 9.88. The molecule has 21 heavy (non-hydrogen) atoms. The van der Waals surface area contributed by atoms with E-state index in [2.05, 4.69) is 4.72 Å². The molecule has 1 N–H and O–H groups in total. The average molecular weight is 327 g/mol. The van der Waals surface area contributed by atoms with Gasteiger partial charge in [-0.3, -0.25) is 10.1 Å². The molecule has 6 nitrogen and oxygen atoms in total. The molecule has 0 heterocycles. The van der Waals surface area contributed by atoms with E-state index < -0.39 is 14.9 Å². The van der Waals surface area contributed by atoms with Crippen molar-refractivity contribution < 1.29 is 13.3 Å². The molecule has 0 saturated carbocycles. The lowest BCUT2D eigenvalue weighted by molar-refractivity contribution is -0.385. The summed E-state index contributed by atoms with van der Waals surface area (Å²) in [6, 6.07) is 11.6. The van der Waals surface area contributed by atoms with Crippen molar-refractivity contribution in [3.63, 3.8) is 0 Å². The Morgan fingerprint density at radius 1 is 1.14 bits per heavy atom. The first kappa shape index (κ1) is 15.4. The van der Waals surface area contributed by atoms with Crippen molar-refractivity contribution in [3.8, 4) is 0 Å². The maximum Gasteiger partial charge on any atom is 0.270 e. The van der Waals surface area contributed by atoms with E-state index in [-0.39, 0.29) is 17.1 Å². The van der Waals surface area contributed by atoms with Crippen molar-refractivity contribution in [1.82, 2.24) is 4.72 Å². The fraction of sp³-hybridized carbons (Fsp3) is 0.0769. The highest BCUT2D eigenvalue weighted by Crippen LogP contribution is 2.17. The van der Waals surface area contributed by atoms with Gasteiger partial charge in [0.1, 0.15) is 0 Å². The van der Waals surface area contributed by atoms with Gasteiger partial charge >= 0.3 is 0 Å². The number of rotatable bonds is 5. The standard InChI is InChI=1S/C13H11ClN2O4S/c14-11-6-4-10(5-7-11)9-15-21(19,20)13-3-1-2-12(8-13)16(17)18/h1-8,15H,9H2. The first-order valence-corrected chi connectivity index (χ1v) is 7.73. The molecule has 0 saturated heterocycles. The molecule has 0 unspecified atom stereocenters. The molecule has 110 valence electrons. The van der Waals surface area contributed by atoms with Gasteiger partial charge < -0.3 is 0 Å². The number of nitro benzene ring substituents is 1. The normalized spacial score (nSPS) is 11.3. The third-order valence-electron chi connectivity index (χ3n) is 2.72. The monoisotopic (exact) mass is 326 g/mol. The van der Waals surface area contributed by atoms with Gasteiger partial charge in [-0.1, -0.05) is 29.8 Å². The minimum Gasteiger partial charge on any atom is -0.258 e. The van der Waals surface area contributed by atoms with Crippen LogP contribution in [0.15, 0.2) is 53.4 Å². The summed E-state index contributed by atoms with van der Waals surface area (Å²) in [7, 11) is -3.81. The molecule has 0 aliphatic heterocycles. The van der Waals surface area contributed by atoms with Gasteiger partial charge in [-0.2, -0.15) is 0 Å². The van der Waals surface area contributed by atoms with Gasteiger partial charge in [0.25, 0.3) is 5.69 Å². The minimum atomic E-state index is -3.81. The summed E-state index contributed by atoms with van der Waals surface area (Å²) < 4.78 is 26.6. The van der Waals surface area contributed by atoms with Crippen molar-refractivity contribution in [2.24, 2.45) is 0 Å². The van der Waals surface area contributed by atoms with E-state index >= 15 is 0 Å². The van der Waals surface area contributed by atoms with E-state index in [9.17, 15) is 18.5 Å². The molecule has 0 aliphatic rings. The summed E-state index contributed by atoms with van der Waals surface area (Å²) in [5.74, 6) is 0. The summed E-state index contributed by atoms with van der Waals surface area (Å²) in [6.07, 6.45) is 0. The zero-order chi connectivity index (χ0) is 15.5. The molecule has 8 heteroatoms. The van der Waals surface area contributed by atoms with E-state index in [0.717, 1.165) is 11.6 Å². The highest BCUT2D eigenvalue weighted by molar-refractivity contribution is 7.89. The van der Waals surface area contributed by atoms with Gasteiger partial charge in [-0.15, -0.1) is 0 Å². The predicted octanol–water partition coefficient (Wildman–Crippen LogP) is 2.73. The Morgan fingerprint density at radius 2 is 1.81 bits per heavy atom. The maximum absolute atomic E-state index is 12.1. The molecule has 0 aromatic heterocycles. The van der Waals surface area contributed by atoms with Crippen LogP contribution in [0.4, 0.5) is 5.69 Å².